The van der Waals surface area contributed by atoms with Crippen molar-refractivity contribution in [3.63, 3.8) is 0 Å². The maximum absolute atomic E-state index is 12.0. The van der Waals surface area contributed by atoms with E-state index in [1.165, 1.54) is 7.11 Å². The lowest BCUT2D eigenvalue weighted by atomic mass is 10.2. The van der Waals surface area contributed by atoms with E-state index in [2.05, 4.69) is 31.2 Å². The van der Waals surface area contributed by atoms with Crippen molar-refractivity contribution in [2.45, 2.75) is 26.4 Å². The Balaban J connectivity index is 2.53. The van der Waals surface area contributed by atoms with Gasteiger partial charge in [0.2, 0.25) is 5.28 Å². The molecule has 0 unspecified atom stereocenters. The Morgan fingerprint density at radius 1 is 1.32 bits per heavy atom. The summed E-state index contributed by atoms with van der Waals surface area (Å²) in [7, 11) is 1.52. The summed E-state index contributed by atoms with van der Waals surface area (Å²) in [5.41, 5.74) is -0.0908. The van der Waals surface area contributed by atoms with Gasteiger partial charge in [-0.3, -0.25) is 5.32 Å². The number of carbonyl (C=O) groups is 1. The van der Waals surface area contributed by atoms with E-state index in [0.29, 0.717) is 21.1 Å². The smallest absolute Gasteiger partial charge is 0.413 e. The number of amides is 1. The maximum Gasteiger partial charge on any atom is 0.413 e. The minimum Gasteiger partial charge on any atom is -0.496 e. The van der Waals surface area contributed by atoms with Crippen LogP contribution in [0.25, 0.3) is 10.9 Å². The van der Waals surface area contributed by atoms with Crippen LogP contribution in [0.2, 0.25) is 5.28 Å². The Morgan fingerprint density at radius 2 is 2.00 bits per heavy atom. The highest BCUT2D eigenvalue weighted by Gasteiger charge is 2.20. The number of nitrogens with zero attached hydrogens (tertiary/aromatic N) is 2. The molecule has 0 fully saturated rings. The Kier molecular flexibility index (Phi) is 4.77. The number of aromatic nitrogens is 2. The largest absolute Gasteiger partial charge is 0.496 e. The third-order valence-electron chi connectivity index (χ3n) is 2.57. The van der Waals surface area contributed by atoms with Crippen LogP contribution in [0.15, 0.2) is 16.6 Å². The summed E-state index contributed by atoms with van der Waals surface area (Å²) in [6.07, 6.45) is -0.634. The van der Waals surface area contributed by atoms with E-state index in [4.69, 9.17) is 21.1 Å². The van der Waals surface area contributed by atoms with Gasteiger partial charge in [0.25, 0.3) is 0 Å². The number of methoxy groups -OCH3 is 1. The third-order valence-corrected chi connectivity index (χ3v) is 3.38. The van der Waals surface area contributed by atoms with Crippen molar-refractivity contribution in [2.75, 3.05) is 12.4 Å². The van der Waals surface area contributed by atoms with Crippen LogP contribution in [0.5, 0.6) is 5.75 Å². The molecule has 0 radical (unpaired) electrons. The lowest BCUT2D eigenvalue weighted by molar-refractivity contribution is 0.0635. The summed E-state index contributed by atoms with van der Waals surface area (Å²) in [4.78, 5) is 20.2. The van der Waals surface area contributed by atoms with Gasteiger partial charge in [0.05, 0.1) is 18.0 Å². The molecule has 0 atom stereocenters. The molecule has 118 valence electrons. The quantitative estimate of drug-likeness (QED) is 0.772. The van der Waals surface area contributed by atoms with Gasteiger partial charge in [0.1, 0.15) is 11.4 Å². The van der Waals surface area contributed by atoms with Crippen LogP contribution in [-0.4, -0.2) is 28.8 Å². The van der Waals surface area contributed by atoms with Crippen molar-refractivity contribution in [1.29, 1.82) is 0 Å². The number of nitrogens with one attached hydrogen (secondary N) is 1. The zero-order valence-corrected chi connectivity index (χ0v) is 14.9. The molecule has 0 spiro atoms. The minimum atomic E-state index is -0.634. The van der Waals surface area contributed by atoms with Crippen LogP contribution in [0.3, 0.4) is 0 Å². The van der Waals surface area contributed by atoms with E-state index < -0.39 is 11.7 Å². The maximum atomic E-state index is 12.0. The molecule has 22 heavy (non-hydrogen) atoms. The van der Waals surface area contributed by atoms with Crippen LogP contribution >= 0.6 is 27.5 Å². The van der Waals surface area contributed by atoms with Crippen LogP contribution < -0.4 is 10.1 Å². The second-order valence-corrected chi connectivity index (χ2v) is 6.63. The number of carbonyl (C=O) groups excluding carboxylic acids is 1. The molecule has 2 aromatic rings. The molecule has 0 saturated carbocycles. The van der Waals surface area contributed by atoms with Gasteiger partial charge >= 0.3 is 6.09 Å². The average Bonchev–Trinajstić information content (AvgIpc) is 2.37. The predicted octanol–water partition coefficient (Wildman–Crippen LogP) is 4.40. The van der Waals surface area contributed by atoms with Gasteiger partial charge in [-0.2, -0.15) is 4.98 Å². The van der Waals surface area contributed by atoms with Crippen LogP contribution in [0.1, 0.15) is 20.8 Å². The van der Waals surface area contributed by atoms with Gasteiger partial charge in [-0.05, 0) is 60.4 Å². The summed E-state index contributed by atoms with van der Waals surface area (Å²) >= 11 is 9.33. The Labute approximate surface area is 141 Å². The summed E-state index contributed by atoms with van der Waals surface area (Å²) in [6, 6.07) is 3.52. The summed E-state index contributed by atoms with van der Waals surface area (Å²) in [6.45, 7) is 5.32. The molecule has 0 aliphatic carbocycles. The molecule has 0 saturated heterocycles. The molecule has 1 N–H and O–H groups in total. The summed E-state index contributed by atoms with van der Waals surface area (Å²) in [5, 5.41) is 3.13. The van der Waals surface area contributed by atoms with E-state index in [1.807, 2.05) is 0 Å². The first-order valence-electron chi connectivity index (χ1n) is 6.41. The number of fused-ring (bicyclic) bond motifs is 1. The summed E-state index contributed by atoms with van der Waals surface area (Å²) in [5.74, 6) is 0.739. The summed E-state index contributed by atoms with van der Waals surface area (Å²) < 4.78 is 11.2. The van der Waals surface area contributed by atoms with Crippen molar-refractivity contribution < 1.29 is 14.3 Å². The molecular formula is C14H15BrClN3O3. The molecule has 1 heterocycles. The van der Waals surface area contributed by atoms with E-state index in [9.17, 15) is 4.79 Å². The second-order valence-electron chi connectivity index (χ2n) is 5.44. The van der Waals surface area contributed by atoms with Crippen LogP contribution in [0, 0.1) is 0 Å². The zero-order valence-electron chi connectivity index (χ0n) is 12.5. The molecular weight excluding hydrogens is 374 g/mol. The highest BCUT2D eigenvalue weighted by atomic mass is 79.9. The fourth-order valence-corrected chi connectivity index (χ4v) is 2.40. The van der Waals surface area contributed by atoms with Crippen LogP contribution in [0.4, 0.5) is 10.6 Å². The second kappa shape index (κ2) is 6.26. The molecule has 1 aromatic heterocycles. The monoisotopic (exact) mass is 387 g/mol. The van der Waals surface area contributed by atoms with Gasteiger partial charge in [-0.25, -0.2) is 9.78 Å². The van der Waals surface area contributed by atoms with Gasteiger partial charge in [-0.1, -0.05) is 0 Å². The number of anilines is 1. The lowest BCUT2D eigenvalue weighted by Crippen LogP contribution is -2.27. The Hall–Kier alpha value is -1.60. The van der Waals surface area contributed by atoms with Crippen molar-refractivity contribution >= 4 is 50.3 Å². The predicted molar refractivity (Wildman–Crippen MR) is 88.7 cm³/mol. The van der Waals surface area contributed by atoms with Crippen LogP contribution in [-0.2, 0) is 4.74 Å². The van der Waals surface area contributed by atoms with E-state index in [-0.39, 0.29) is 11.1 Å². The number of hydrogen-bond donors (Lipinski definition) is 1. The Morgan fingerprint density at radius 3 is 2.59 bits per heavy atom. The molecule has 1 aromatic carbocycles. The van der Waals surface area contributed by atoms with Gasteiger partial charge in [0.15, 0.2) is 5.82 Å². The Bertz CT molecular complexity index is 731. The number of ether oxygens (including phenoxy) is 2. The minimum absolute atomic E-state index is 0.00696. The number of rotatable bonds is 2. The first kappa shape index (κ1) is 16.8. The molecule has 0 aliphatic rings. The lowest BCUT2D eigenvalue weighted by Gasteiger charge is -2.20. The SMILES string of the molecule is COc1ccc(Br)c2nc(Cl)nc(NC(=O)OC(C)(C)C)c12. The highest BCUT2D eigenvalue weighted by Crippen LogP contribution is 2.35. The van der Waals surface area contributed by atoms with E-state index >= 15 is 0 Å². The van der Waals surface area contributed by atoms with Crippen molar-refractivity contribution in [3.8, 4) is 5.75 Å². The highest BCUT2D eigenvalue weighted by molar-refractivity contribution is 9.10. The molecule has 8 heteroatoms. The average molecular weight is 389 g/mol. The first-order chi connectivity index (χ1) is 10.2. The molecule has 0 bridgehead atoms. The molecule has 1 amide bonds. The van der Waals surface area contributed by atoms with E-state index in [1.54, 1.807) is 32.9 Å². The van der Waals surface area contributed by atoms with Crippen molar-refractivity contribution in [1.82, 2.24) is 9.97 Å². The zero-order chi connectivity index (χ0) is 16.5. The standard InChI is InChI=1S/C14H15BrClN3O3/c1-14(2,3)22-13(20)19-11-9-8(21-4)6-5-7(15)10(9)17-12(16)18-11/h5-6H,1-4H3,(H,17,18,19,20). The normalized spacial score (nSPS) is 11.4. The van der Waals surface area contributed by atoms with Crippen molar-refractivity contribution in [2.24, 2.45) is 0 Å². The third kappa shape index (κ3) is 3.78. The molecule has 6 nitrogen and oxygen atoms in total. The molecule has 0 aliphatic heterocycles. The number of halogens is 2. The molecule has 2 rings (SSSR count). The fourth-order valence-electron chi connectivity index (χ4n) is 1.81. The topological polar surface area (TPSA) is 73.3 Å². The van der Waals surface area contributed by atoms with Gasteiger partial charge in [0, 0.05) is 4.47 Å². The van der Waals surface area contributed by atoms with E-state index in [0.717, 1.165) is 0 Å². The van der Waals surface area contributed by atoms with Gasteiger partial charge < -0.3 is 9.47 Å². The van der Waals surface area contributed by atoms with Crippen molar-refractivity contribution in [3.05, 3.63) is 21.9 Å². The van der Waals surface area contributed by atoms with Gasteiger partial charge in [-0.15, -0.1) is 0 Å². The number of benzene rings is 1. The number of hydrogen-bond acceptors (Lipinski definition) is 5. The first-order valence-corrected chi connectivity index (χ1v) is 7.58. The fraction of sp³-hybridized carbons (Fsp3) is 0.357.